The summed E-state index contributed by atoms with van der Waals surface area (Å²) in [4.78, 5) is 2.97. The molecule has 0 spiro atoms. The van der Waals surface area contributed by atoms with Crippen LogP contribution < -0.4 is 9.47 Å². The molecular weight excluding hydrogens is 222 g/mol. The molecule has 1 aromatic heterocycles. The lowest BCUT2D eigenvalue weighted by Crippen LogP contribution is -2.16. The summed E-state index contributed by atoms with van der Waals surface area (Å²) in [6.07, 6.45) is 5.11. The molecule has 2 rings (SSSR count). The lowest BCUT2D eigenvalue weighted by molar-refractivity contribution is -0.132. The van der Waals surface area contributed by atoms with Gasteiger partial charge < -0.3 is 23.9 Å². The van der Waals surface area contributed by atoms with Crippen LogP contribution >= 0.6 is 0 Å². The van der Waals surface area contributed by atoms with Crippen molar-refractivity contribution in [3.05, 3.63) is 12.4 Å². The number of aromatic amines is 1. The van der Waals surface area contributed by atoms with Crippen LogP contribution in [0.1, 0.15) is 19.8 Å². The number of ether oxygens (including phenoxy) is 4. The summed E-state index contributed by atoms with van der Waals surface area (Å²) in [6.45, 7) is 4.41. The van der Waals surface area contributed by atoms with E-state index in [4.69, 9.17) is 18.9 Å². The van der Waals surface area contributed by atoms with Gasteiger partial charge in [0.2, 0.25) is 0 Å². The van der Waals surface area contributed by atoms with E-state index in [0.717, 1.165) is 24.3 Å². The van der Waals surface area contributed by atoms with Crippen molar-refractivity contribution in [1.82, 2.24) is 4.98 Å². The van der Waals surface area contributed by atoms with Gasteiger partial charge >= 0.3 is 0 Å². The van der Waals surface area contributed by atoms with Gasteiger partial charge in [0.05, 0.1) is 26.4 Å². The van der Waals surface area contributed by atoms with Gasteiger partial charge in [0.1, 0.15) is 0 Å². The van der Waals surface area contributed by atoms with E-state index in [1.807, 2.05) is 6.92 Å². The first-order valence-corrected chi connectivity index (χ1v) is 6.02. The normalized spacial score (nSPS) is 20.1. The Morgan fingerprint density at radius 2 is 1.47 bits per heavy atom. The van der Waals surface area contributed by atoms with Crippen LogP contribution in [0.25, 0.3) is 0 Å². The van der Waals surface area contributed by atoms with Crippen molar-refractivity contribution in [2.75, 3.05) is 26.4 Å². The molecule has 96 valence electrons. The average molecular weight is 241 g/mol. The molecule has 5 nitrogen and oxygen atoms in total. The molecule has 0 saturated heterocycles. The highest BCUT2D eigenvalue weighted by molar-refractivity contribution is 5.36. The third-order valence-electron chi connectivity index (χ3n) is 2.47. The molecule has 0 unspecified atom stereocenters. The lowest BCUT2D eigenvalue weighted by Gasteiger charge is -2.13. The Hall–Kier alpha value is -1.20. The summed E-state index contributed by atoms with van der Waals surface area (Å²) in [5.74, 6) is 1.52. The van der Waals surface area contributed by atoms with Crippen molar-refractivity contribution in [2.24, 2.45) is 0 Å². The molecular formula is C12H19NO4. The van der Waals surface area contributed by atoms with Gasteiger partial charge in [-0.1, -0.05) is 0 Å². The van der Waals surface area contributed by atoms with Crippen LogP contribution in [0, 0.1) is 0 Å². The zero-order valence-corrected chi connectivity index (χ0v) is 10.1. The summed E-state index contributed by atoms with van der Waals surface area (Å²) < 4.78 is 22.1. The minimum atomic E-state index is -0.157. The number of hydrogen-bond acceptors (Lipinski definition) is 4. The highest BCUT2D eigenvalue weighted by atomic mass is 16.7. The molecule has 0 radical (unpaired) electrons. The van der Waals surface area contributed by atoms with Crippen molar-refractivity contribution >= 4 is 0 Å². The van der Waals surface area contributed by atoms with Crippen LogP contribution in [0.15, 0.2) is 12.4 Å². The summed E-state index contributed by atoms with van der Waals surface area (Å²) in [7, 11) is 0. The van der Waals surface area contributed by atoms with E-state index >= 15 is 0 Å². The molecule has 0 atom stereocenters. The molecule has 0 aromatic carbocycles. The lowest BCUT2D eigenvalue weighted by atomic mass is 10.4. The van der Waals surface area contributed by atoms with Crippen molar-refractivity contribution in [3.8, 4) is 11.5 Å². The van der Waals surface area contributed by atoms with Gasteiger partial charge in [-0.2, -0.15) is 0 Å². The Kier molecular flexibility index (Phi) is 4.70. The SMILES string of the molecule is CC1OCCCOc2c[nH]cc2OCCCO1. The molecule has 0 aliphatic carbocycles. The predicted molar refractivity (Wildman–Crippen MR) is 62.4 cm³/mol. The van der Waals surface area contributed by atoms with Crippen LogP contribution in [0.5, 0.6) is 11.5 Å². The number of nitrogens with one attached hydrogen (secondary N) is 1. The highest BCUT2D eigenvalue weighted by Crippen LogP contribution is 2.26. The van der Waals surface area contributed by atoms with Crippen LogP contribution in [-0.4, -0.2) is 37.7 Å². The van der Waals surface area contributed by atoms with Crippen molar-refractivity contribution in [2.45, 2.75) is 26.1 Å². The Labute approximate surface area is 101 Å². The summed E-state index contributed by atoms with van der Waals surface area (Å²) in [5.41, 5.74) is 0. The molecule has 0 saturated carbocycles. The predicted octanol–water partition coefficient (Wildman–Crippen LogP) is 1.95. The monoisotopic (exact) mass is 241 g/mol. The van der Waals surface area contributed by atoms with Gasteiger partial charge in [-0.05, 0) is 6.92 Å². The minimum Gasteiger partial charge on any atom is -0.488 e. The van der Waals surface area contributed by atoms with Crippen molar-refractivity contribution < 1.29 is 18.9 Å². The van der Waals surface area contributed by atoms with E-state index in [1.54, 1.807) is 12.4 Å². The standard InChI is InChI=1S/C12H19NO4/c1-10-14-4-2-6-16-11-8-13-9-12(11)17-7-3-5-15-10/h8-10,13H,2-7H2,1H3. The van der Waals surface area contributed by atoms with Gasteiger partial charge in [-0.3, -0.25) is 0 Å². The van der Waals surface area contributed by atoms with E-state index in [0.29, 0.717) is 26.4 Å². The maximum Gasteiger partial charge on any atom is 0.178 e. The summed E-state index contributed by atoms with van der Waals surface area (Å²) >= 11 is 0. The number of fused-ring (bicyclic) bond motifs is 1. The first kappa shape index (κ1) is 12.3. The van der Waals surface area contributed by atoms with Crippen molar-refractivity contribution in [1.29, 1.82) is 0 Å². The quantitative estimate of drug-likeness (QED) is 0.754. The third-order valence-corrected chi connectivity index (χ3v) is 2.47. The fraction of sp³-hybridized carbons (Fsp3) is 0.667. The highest BCUT2D eigenvalue weighted by Gasteiger charge is 2.08. The Balaban J connectivity index is 1.89. The smallest absolute Gasteiger partial charge is 0.178 e. The topological polar surface area (TPSA) is 52.7 Å². The zero-order chi connectivity index (χ0) is 11.9. The van der Waals surface area contributed by atoms with E-state index < -0.39 is 0 Å². The van der Waals surface area contributed by atoms with Crippen LogP contribution in [0.3, 0.4) is 0 Å². The maximum absolute atomic E-state index is 5.60. The first-order chi connectivity index (χ1) is 8.36. The number of aromatic nitrogens is 1. The number of rotatable bonds is 0. The van der Waals surface area contributed by atoms with E-state index in [9.17, 15) is 0 Å². The summed E-state index contributed by atoms with van der Waals surface area (Å²) in [6, 6.07) is 0. The van der Waals surface area contributed by atoms with Gasteiger partial charge in [-0.25, -0.2) is 0 Å². The van der Waals surface area contributed by atoms with Gasteiger partial charge in [0.25, 0.3) is 0 Å². The molecule has 0 fully saturated rings. The Morgan fingerprint density at radius 3 is 2.00 bits per heavy atom. The molecule has 1 N–H and O–H groups in total. The zero-order valence-electron chi connectivity index (χ0n) is 10.1. The van der Waals surface area contributed by atoms with Crippen LogP contribution in [0.4, 0.5) is 0 Å². The van der Waals surface area contributed by atoms with E-state index in [1.165, 1.54) is 0 Å². The fourth-order valence-electron chi connectivity index (χ4n) is 1.59. The maximum atomic E-state index is 5.60. The fourth-order valence-corrected chi connectivity index (χ4v) is 1.59. The molecule has 0 bridgehead atoms. The molecule has 2 heterocycles. The average Bonchev–Trinajstić information content (AvgIpc) is 2.75. The Bertz CT molecular complexity index is 298. The Morgan fingerprint density at radius 1 is 0.941 bits per heavy atom. The van der Waals surface area contributed by atoms with Crippen LogP contribution in [0.2, 0.25) is 0 Å². The van der Waals surface area contributed by atoms with Gasteiger partial charge in [-0.15, -0.1) is 0 Å². The minimum absolute atomic E-state index is 0.157. The second kappa shape index (κ2) is 6.51. The van der Waals surface area contributed by atoms with Crippen molar-refractivity contribution in [3.63, 3.8) is 0 Å². The molecule has 17 heavy (non-hydrogen) atoms. The van der Waals surface area contributed by atoms with E-state index in [-0.39, 0.29) is 6.29 Å². The number of H-pyrrole nitrogens is 1. The van der Waals surface area contributed by atoms with Gasteiger partial charge in [0.15, 0.2) is 17.8 Å². The molecule has 1 aromatic rings. The first-order valence-electron chi connectivity index (χ1n) is 6.02. The van der Waals surface area contributed by atoms with Crippen LogP contribution in [-0.2, 0) is 9.47 Å². The van der Waals surface area contributed by atoms with Gasteiger partial charge in [0, 0.05) is 25.2 Å². The molecule has 0 amide bonds. The second-order valence-electron chi connectivity index (χ2n) is 3.90. The third kappa shape index (κ3) is 3.94. The van der Waals surface area contributed by atoms with E-state index in [2.05, 4.69) is 4.98 Å². The molecule has 5 heteroatoms. The summed E-state index contributed by atoms with van der Waals surface area (Å²) in [5, 5.41) is 0. The molecule has 1 aliphatic heterocycles. The largest absolute Gasteiger partial charge is 0.488 e. The second-order valence-corrected chi connectivity index (χ2v) is 3.90. The number of hydrogen-bond donors (Lipinski definition) is 1. The molecule has 1 aliphatic rings.